The van der Waals surface area contributed by atoms with Gasteiger partial charge in [-0.2, -0.15) is 0 Å². The van der Waals surface area contributed by atoms with Gasteiger partial charge in [-0.1, -0.05) is 30.3 Å². The summed E-state index contributed by atoms with van der Waals surface area (Å²) in [5.41, 5.74) is 2.10. The highest BCUT2D eigenvalue weighted by atomic mass is 16.7. The van der Waals surface area contributed by atoms with E-state index in [0.717, 1.165) is 37.1 Å². The van der Waals surface area contributed by atoms with E-state index in [4.69, 9.17) is 14.3 Å². The summed E-state index contributed by atoms with van der Waals surface area (Å²) in [6.07, 6.45) is 6.95. The fourth-order valence-corrected chi connectivity index (χ4v) is 4.04. The van der Waals surface area contributed by atoms with E-state index in [1.165, 1.54) is 18.4 Å². The number of carbonyl (C=O) groups excluding carboxylic acids is 1. The van der Waals surface area contributed by atoms with Crippen molar-refractivity contribution in [2.45, 2.75) is 57.1 Å². The average Bonchev–Trinajstić information content (AvgIpc) is 3.36. The molecule has 0 amide bonds. The van der Waals surface area contributed by atoms with Crippen molar-refractivity contribution in [1.82, 2.24) is 0 Å². The van der Waals surface area contributed by atoms with E-state index in [0.29, 0.717) is 12.2 Å². The van der Waals surface area contributed by atoms with Crippen molar-refractivity contribution in [2.24, 2.45) is 0 Å². The Labute approximate surface area is 166 Å². The summed E-state index contributed by atoms with van der Waals surface area (Å²) in [6, 6.07) is 16.1. The van der Waals surface area contributed by atoms with E-state index in [2.05, 4.69) is 12.1 Å². The molecular formula is C23H27NO4. The van der Waals surface area contributed by atoms with Crippen LogP contribution in [0, 0.1) is 0 Å². The number of benzene rings is 2. The summed E-state index contributed by atoms with van der Waals surface area (Å²) in [5, 5.41) is 1.74. The quantitative estimate of drug-likeness (QED) is 0.697. The van der Waals surface area contributed by atoms with Crippen molar-refractivity contribution in [3.8, 4) is 11.5 Å². The molecule has 1 unspecified atom stereocenters. The minimum atomic E-state index is -0.188. The van der Waals surface area contributed by atoms with Gasteiger partial charge in [-0.15, -0.1) is 0 Å². The summed E-state index contributed by atoms with van der Waals surface area (Å²) in [5.74, 6) is 1.24. The molecule has 28 heavy (non-hydrogen) atoms. The molecule has 148 valence electrons. The van der Waals surface area contributed by atoms with Gasteiger partial charge in [0, 0.05) is 6.07 Å². The lowest BCUT2D eigenvalue weighted by atomic mass is 10.0. The minimum Gasteiger partial charge on any atom is -0.493 e. The van der Waals surface area contributed by atoms with Crippen LogP contribution in [0.5, 0.6) is 11.5 Å². The van der Waals surface area contributed by atoms with Crippen LogP contribution in [-0.2, 0) is 16.1 Å². The van der Waals surface area contributed by atoms with Crippen LogP contribution >= 0.6 is 0 Å². The molecule has 0 spiro atoms. The maximum absolute atomic E-state index is 12.0. The van der Waals surface area contributed by atoms with Crippen molar-refractivity contribution in [2.75, 3.05) is 12.2 Å². The Kier molecular flexibility index (Phi) is 5.70. The average molecular weight is 381 g/mol. The predicted molar refractivity (Wildman–Crippen MR) is 108 cm³/mol. The Bertz CT molecular complexity index is 802. The highest BCUT2D eigenvalue weighted by Crippen LogP contribution is 2.37. The summed E-state index contributed by atoms with van der Waals surface area (Å²) >= 11 is 0. The third-order valence-electron chi connectivity index (χ3n) is 5.54. The number of aryl methyl sites for hydroxylation is 1. The lowest BCUT2D eigenvalue weighted by Gasteiger charge is -2.25. The zero-order valence-corrected chi connectivity index (χ0v) is 16.3. The minimum absolute atomic E-state index is 0.0143. The van der Waals surface area contributed by atoms with Crippen molar-refractivity contribution in [3.05, 3.63) is 54.1 Å². The van der Waals surface area contributed by atoms with Crippen LogP contribution in [0.4, 0.5) is 5.69 Å². The van der Waals surface area contributed by atoms with Gasteiger partial charge in [0.2, 0.25) is 0 Å². The Morgan fingerprint density at radius 2 is 1.86 bits per heavy atom. The van der Waals surface area contributed by atoms with Gasteiger partial charge in [0.1, 0.15) is 0 Å². The normalized spacial score (nSPS) is 19.7. The zero-order valence-electron chi connectivity index (χ0n) is 16.3. The fourth-order valence-electron chi connectivity index (χ4n) is 4.04. The molecule has 1 aliphatic carbocycles. The molecule has 4 rings (SSSR count). The number of ether oxygens (including phenoxy) is 2. The Hall–Kier alpha value is -2.69. The lowest BCUT2D eigenvalue weighted by molar-refractivity contribution is -0.139. The fraction of sp³-hybridized carbons (Fsp3) is 0.435. The molecule has 0 radical (unpaired) electrons. The SMILES string of the molecule is COc1ccc(N2OC(=O)CC2CCc2ccccc2)cc1OC1CCCC1. The maximum Gasteiger partial charge on any atom is 0.334 e. The van der Waals surface area contributed by atoms with Crippen LogP contribution < -0.4 is 14.5 Å². The molecule has 5 nitrogen and oxygen atoms in total. The van der Waals surface area contributed by atoms with E-state index in [1.54, 1.807) is 12.2 Å². The standard InChI is InChI=1S/C23H27NO4/c1-26-21-14-13-18(15-22(21)27-20-9-5-6-10-20)24-19(16-23(25)28-24)12-11-17-7-3-2-4-8-17/h2-4,7-8,13-15,19-20H,5-6,9-12,16H2,1H3. The van der Waals surface area contributed by atoms with E-state index in [-0.39, 0.29) is 18.1 Å². The first kappa shape index (κ1) is 18.7. The summed E-state index contributed by atoms with van der Waals surface area (Å²) in [7, 11) is 1.65. The van der Waals surface area contributed by atoms with E-state index in [1.807, 2.05) is 36.4 Å². The van der Waals surface area contributed by atoms with Crippen LogP contribution in [0.3, 0.4) is 0 Å². The second-order valence-corrected chi connectivity index (χ2v) is 7.53. The van der Waals surface area contributed by atoms with E-state index < -0.39 is 0 Å². The topological polar surface area (TPSA) is 48.0 Å². The number of hydroxylamine groups is 1. The van der Waals surface area contributed by atoms with Gasteiger partial charge in [0.25, 0.3) is 0 Å². The molecule has 2 aromatic rings. The summed E-state index contributed by atoms with van der Waals surface area (Å²) in [4.78, 5) is 17.6. The molecule has 1 atom stereocenters. The monoisotopic (exact) mass is 381 g/mol. The van der Waals surface area contributed by atoms with Gasteiger partial charge >= 0.3 is 5.97 Å². The molecule has 1 saturated heterocycles. The summed E-state index contributed by atoms with van der Waals surface area (Å²) < 4.78 is 11.7. The van der Waals surface area contributed by atoms with Gasteiger partial charge in [-0.3, -0.25) is 0 Å². The Morgan fingerprint density at radius 3 is 2.61 bits per heavy atom. The number of rotatable bonds is 7. The molecule has 2 fully saturated rings. The third kappa shape index (κ3) is 4.24. The van der Waals surface area contributed by atoms with Gasteiger partial charge < -0.3 is 14.3 Å². The number of hydrogen-bond donors (Lipinski definition) is 0. The highest BCUT2D eigenvalue weighted by Gasteiger charge is 2.33. The van der Waals surface area contributed by atoms with Gasteiger partial charge in [0.15, 0.2) is 11.5 Å². The Morgan fingerprint density at radius 1 is 1.07 bits per heavy atom. The smallest absolute Gasteiger partial charge is 0.334 e. The number of hydrogen-bond acceptors (Lipinski definition) is 5. The first-order valence-electron chi connectivity index (χ1n) is 10.1. The van der Waals surface area contributed by atoms with Crippen molar-refractivity contribution < 1.29 is 19.1 Å². The van der Waals surface area contributed by atoms with Crippen LogP contribution in [0.15, 0.2) is 48.5 Å². The molecule has 2 aromatic carbocycles. The predicted octanol–water partition coefficient (Wildman–Crippen LogP) is 4.69. The van der Waals surface area contributed by atoms with Gasteiger partial charge in [-0.05, 0) is 56.2 Å². The van der Waals surface area contributed by atoms with E-state index in [9.17, 15) is 4.79 Å². The van der Waals surface area contributed by atoms with Gasteiger partial charge in [-0.25, -0.2) is 9.86 Å². The van der Waals surface area contributed by atoms with Crippen molar-refractivity contribution in [3.63, 3.8) is 0 Å². The van der Waals surface area contributed by atoms with Crippen molar-refractivity contribution >= 4 is 11.7 Å². The maximum atomic E-state index is 12.0. The molecule has 1 aliphatic heterocycles. The molecule has 1 heterocycles. The highest BCUT2D eigenvalue weighted by molar-refractivity contribution is 5.76. The molecule has 1 saturated carbocycles. The van der Waals surface area contributed by atoms with Crippen LogP contribution in [-0.4, -0.2) is 25.2 Å². The molecular weight excluding hydrogens is 354 g/mol. The lowest BCUT2D eigenvalue weighted by Crippen LogP contribution is -2.28. The second-order valence-electron chi connectivity index (χ2n) is 7.53. The number of nitrogens with zero attached hydrogens (tertiary/aromatic N) is 1. The molecule has 2 aliphatic rings. The largest absolute Gasteiger partial charge is 0.493 e. The molecule has 5 heteroatoms. The second kappa shape index (κ2) is 8.55. The van der Waals surface area contributed by atoms with Crippen molar-refractivity contribution in [1.29, 1.82) is 0 Å². The van der Waals surface area contributed by atoms with Crippen LogP contribution in [0.2, 0.25) is 0 Å². The zero-order chi connectivity index (χ0) is 19.3. The molecule has 0 N–H and O–H groups in total. The number of carbonyl (C=O) groups is 1. The Balaban J connectivity index is 1.51. The van der Waals surface area contributed by atoms with E-state index >= 15 is 0 Å². The summed E-state index contributed by atoms with van der Waals surface area (Å²) in [6.45, 7) is 0. The third-order valence-corrected chi connectivity index (χ3v) is 5.54. The van der Waals surface area contributed by atoms with Crippen LogP contribution in [0.25, 0.3) is 0 Å². The number of methoxy groups -OCH3 is 1. The first-order valence-corrected chi connectivity index (χ1v) is 10.1. The first-order chi connectivity index (χ1) is 13.7. The molecule has 0 bridgehead atoms. The van der Waals surface area contributed by atoms with Gasteiger partial charge in [0.05, 0.1) is 31.4 Å². The number of anilines is 1. The van der Waals surface area contributed by atoms with Crippen LogP contribution in [0.1, 0.15) is 44.1 Å². The molecule has 0 aromatic heterocycles.